The summed E-state index contributed by atoms with van der Waals surface area (Å²) >= 11 is 0. The average Bonchev–Trinajstić information content (AvgIpc) is 3.32. The van der Waals surface area contributed by atoms with E-state index in [-0.39, 0.29) is 0 Å². The summed E-state index contributed by atoms with van der Waals surface area (Å²) in [5.74, 6) is 3.21. The van der Waals surface area contributed by atoms with Gasteiger partial charge in [0.25, 0.3) is 0 Å². The van der Waals surface area contributed by atoms with Crippen molar-refractivity contribution in [2.75, 3.05) is 64.4 Å². The van der Waals surface area contributed by atoms with Crippen molar-refractivity contribution in [3.8, 4) is 22.8 Å². The Morgan fingerprint density at radius 2 is 1.75 bits per heavy atom. The molecule has 0 spiro atoms. The second-order valence-corrected chi connectivity index (χ2v) is 8.15. The Balaban J connectivity index is 1.09. The molecule has 0 amide bonds. The van der Waals surface area contributed by atoms with Gasteiger partial charge in [0.2, 0.25) is 5.95 Å². The summed E-state index contributed by atoms with van der Waals surface area (Å²) in [6, 6.07) is 9.72. The first-order valence-corrected chi connectivity index (χ1v) is 11.0. The van der Waals surface area contributed by atoms with Gasteiger partial charge in [-0.3, -0.25) is 9.80 Å². The minimum Gasteiger partial charge on any atom is -0.486 e. The van der Waals surface area contributed by atoms with Crippen LogP contribution >= 0.6 is 0 Å². The maximum absolute atomic E-state index is 5.67. The maximum Gasteiger partial charge on any atom is 0.225 e. The van der Waals surface area contributed by atoms with E-state index in [2.05, 4.69) is 36.9 Å². The molecule has 0 N–H and O–H groups in total. The monoisotopic (exact) mass is 436 g/mol. The van der Waals surface area contributed by atoms with Gasteiger partial charge in [0, 0.05) is 63.3 Å². The zero-order valence-electron chi connectivity index (χ0n) is 18.3. The molecule has 9 heteroatoms. The van der Waals surface area contributed by atoms with Crippen LogP contribution in [0.2, 0.25) is 0 Å². The molecule has 0 unspecified atom stereocenters. The molecule has 1 aromatic carbocycles. The van der Waals surface area contributed by atoms with Crippen LogP contribution in [0.15, 0.2) is 47.2 Å². The lowest BCUT2D eigenvalue weighted by molar-refractivity contribution is 0.171. The second kappa shape index (κ2) is 9.54. The number of nitrogens with zero attached hydrogens (tertiary/aromatic N) is 6. The highest BCUT2D eigenvalue weighted by Crippen LogP contribution is 2.34. The summed E-state index contributed by atoms with van der Waals surface area (Å²) in [7, 11) is 2.11. The van der Waals surface area contributed by atoms with E-state index in [1.54, 1.807) is 12.4 Å². The molecule has 1 saturated heterocycles. The van der Waals surface area contributed by atoms with Gasteiger partial charge in [0.05, 0.1) is 6.54 Å². The molecule has 0 bridgehead atoms. The molecule has 2 aliphatic rings. The van der Waals surface area contributed by atoms with Gasteiger partial charge in [-0.15, -0.1) is 0 Å². The van der Waals surface area contributed by atoms with Gasteiger partial charge in [0.1, 0.15) is 18.9 Å². The molecule has 2 aliphatic heterocycles. The molecule has 0 atom stereocenters. The van der Waals surface area contributed by atoms with Crippen molar-refractivity contribution < 1.29 is 14.0 Å². The van der Waals surface area contributed by atoms with Crippen LogP contribution in [0.1, 0.15) is 5.76 Å². The zero-order chi connectivity index (χ0) is 21.8. The third-order valence-corrected chi connectivity index (χ3v) is 5.83. The van der Waals surface area contributed by atoms with Gasteiger partial charge in [-0.1, -0.05) is 5.16 Å². The maximum atomic E-state index is 5.67. The van der Waals surface area contributed by atoms with E-state index in [4.69, 9.17) is 14.0 Å². The molecule has 168 valence electrons. The molecule has 0 aliphatic carbocycles. The Bertz CT molecular complexity index is 1020. The number of hydrogen-bond acceptors (Lipinski definition) is 9. The quantitative estimate of drug-likeness (QED) is 0.553. The summed E-state index contributed by atoms with van der Waals surface area (Å²) in [4.78, 5) is 15.7. The van der Waals surface area contributed by atoms with Crippen molar-refractivity contribution in [2.24, 2.45) is 0 Å². The number of rotatable bonds is 7. The van der Waals surface area contributed by atoms with Gasteiger partial charge < -0.3 is 18.9 Å². The topological polar surface area (TPSA) is 80.0 Å². The minimum absolute atomic E-state index is 0.570. The van der Waals surface area contributed by atoms with Crippen LogP contribution in [0.5, 0.6) is 11.5 Å². The summed E-state index contributed by atoms with van der Waals surface area (Å²) in [6.45, 7) is 7.79. The van der Waals surface area contributed by atoms with Gasteiger partial charge in [-0.05, 0) is 31.3 Å². The SMILES string of the molecule is CN(CCN1CCN(c2ncccn2)CC1)Cc1cc(-c2ccc3c(c2)OCCO3)no1. The van der Waals surface area contributed by atoms with Gasteiger partial charge >= 0.3 is 0 Å². The fourth-order valence-electron chi connectivity index (χ4n) is 4.01. The Kier molecular flexibility index (Phi) is 6.17. The fraction of sp³-hybridized carbons (Fsp3) is 0.435. The highest BCUT2D eigenvalue weighted by molar-refractivity contribution is 5.64. The van der Waals surface area contributed by atoms with Crippen LogP contribution in [0.25, 0.3) is 11.3 Å². The first kappa shape index (κ1) is 20.7. The standard InChI is InChI=1S/C23H28N6O3/c1-27(7-8-28-9-11-29(12-10-28)23-24-5-2-6-25-23)17-19-16-20(26-32-19)18-3-4-21-22(15-18)31-14-13-30-21/h2-6,15-16H,7-14,17H2,1H3. The molecule has 32 heavy (non-hydrogen) atoms. The predicted molar refractivity (Wildman–Crippen MR) is 120 cm³/mol. The fourth-order valence-corrected chi connectivity index (χ4v) is 4.01. The minimum atomic E-state index is 0.570. The van der Waals surface area contributed by atoms with Crippen LogP contribution in [0, 0.1) is 0 Å². The van der Waals surface area contributed by atoms with Crippen molar-refractivity contribution in [2.45, 2.75) is 6.54 Å². The molecule has 5 rings (SSSR count). The molecule has 4 heterocycles. The first-order valence-electron chi connectivity index (χ1n) is 11.0. The number of benzene rings is 1. The number of likely N-dealkylation sites (N-methyl/N-ethyl adjacent to an activating group) is 1. The highest BCUT2D eigenvalue weighted by atomic mass is 16.6. The number of ether oxygens (including phenoxy) is 2. The third kappa shape index (κ3) is 4.84. The summed E-state index contributed by atoms with van der Waals surface area (Å²) in [5.41, 5.74) is 1.77. The Labute approximate surface area is 187 Å². The van der Waals surface area contributed by atoms with E-state index in [0.717, 1.165) is 80.3 Å². The predicted octanol–water partition coefficient (Wildman–Crippen LogP) is 2.16. The summed E-state index contributed by atoms with van der Waals surface area (Å²) in [5, 5.41) is 4.25. The van der Waals surface area contributed by atoms with Crippen molar-refractivity contribution in [3.05, 3.63) is 48.5 Å². The molecule has 3 aromatic rings. The van der Waals surface area contributed by atoms with Gasteiger partial charge in [-0.2, -0.15) is 0 Å². The van der Waals surface area contributed by atoms with Crippen molar-refractivity contribution in [3.63, 3.8) is 0 Å². The Morgan fingerprint density at radius 3 is 2.56 bits per heavy atom. The molecule has 9 nitrogen and oxygen atoms in total. The van der Waals surface area contributed by atoms with E-state index in [1.165, 1.54) is 0 Å². The number of fused-ring (bicyclic) bond motifs is 1. The molecule has 1 fully saturated rings. The lowest BCUT2D eigenvalue weighted by Gasteiger charge is -2.35. The third-order valence-electron chi connectivity index (χ3n) is 5.83. The second-order valence-electron chi connectivity index (χ2n) is 8.15. The van der Waals surface area contributed by atoms with E-state index >= 15 is 0 Å². The molecule has 0 radical (unpaired) electrons. The van der Waals surface area contributed by atoms with Crippen molar-refractivity contribution in [1.82, 2.24) is 24.9 Å². The zero-order valence-corrected chi connectivity index (χ0v) is 18.3. The van der Waals surface area contributed by atoms with Crippen LogP contribution in [-0.4, -0.2) is 84.5 Å². The van der Waals surface area contributed by atoms with E-state index in [9.17, 15) is 0 Å². The van der Waals surface area contributed by atoms with Crippen LogP contribution in [0.4, 0.5) is 5.95 Å². The number of piperazine rings is 1. The summed E-state index contributed by atoms with van der Waals surface area (Å²) < 4.78 is 16.9. The van der Waals surface area contributed by atoms with Crippen molar-refractivity contribution in [1.29, 1.82) is 0 Å². The van der Waals surface area contributed by atoms with Crippen LogP contribution in [-0.2, 0) is 6.54 Å². The largest absolute Gasteiger partial charge is 0.486 e. The van der Waals surface area contributed by atoms with Crippen molar-refractivity contribution >= 4 is 5.95 Å². The Morgan fingerprint density at radius 1 is 0.969 bits per heavy atom. The van der Waals surface area contributed by atoms with Crippen LogP contribution < -0.4 is 14.4 Å². The lowest BCUT2D eigenvalue weighted by Crippen LogP contribution is -2.48. The molecular formula is C23H28N6O3. The van der Waals surface area contributed by atoms with E-state index < -0.39 is 0 Å². The number of aromatic nitrogens is 3. The lowest BCUT2D eigenvalue weighted by atomic mass is 10.1. The van der Waals surface area contributed by atoms with Gasteiger partial charge in [0.15, 0.2) is 17.3 Å². The van der Waals surface area contributed by atoms with Crippen LogP contribution in [0.3, 0.4) is 0 Å². The smallest absolute Gasteiger partial charge is 0.225 e. The molecule has 2 aromatic heterocycles. The van der Waals surface area contributed by atoms with E-state index in [1.807, 2.05) is 30.3 Å². The number of hydrogen-bond donors (Lipinski definition) is 0. The highest BCUT2D eigenvalue weighted by Gasteiger charge is 2.19. The average molecular weight is 437 g/mol. The normalized spacial score (nSPS) is 16.5. The van der Waals surface area contributed by atoms with Gasteiger partial charge in [-0.25, -0.2) is 9.97 Å². The Hall–Kier alpha value is -3.17. The first-order chi connectivity index (χ1) is 15.7. The number of anilines is 1. The van der Waals surface area contributed by atoms with E-state index in [0.29, 0.717) is 13.2 Å². The molecule has 0 saturated carbocycles. The summed E-state index contributed by atoms with van der Waals surface area (Å²) in [6.07, 6.45) is 3.60. The molecular weight excluding hydrogens is 408 g/mol.